The van der Waals surface area contributed by atoms with E-state index >= 15 is 0 Å². The molecule has 0 fully saturated rings. The number of phenolic OH excluding ortho intramolecular Hbond substituents is 1. The van der Waals surface area contributed by atoms with Crippen LogP contribution in [0.4, 0.5) is 0 Å². The number of phenols is 1. The molecule has 24 heavy (non-hydrogen) atoms. The molecule has 0 aliphatic rings. The number of carbonyl (C=O) groups is 1. The molecule has 0 aliphatic heterocycles. The third-order valence-electron chi connectivity index (χ3n) is 3.87. The number of benzene rings is 2. The zero-order valence-corrected chi connectivity index (χ0v) is 13.2. The van der Waals surface area contributed by atoms with E-state index in [-0.39, 0.29) is 18.1 Å². The molecular formula is C19H19N3O2. The van der Waals surface area contributed by atoms with Crippen LogP contribution < -0.4 is 5.73 Å². The minimum Gasteiger partial charge on any atom is -0.508 e. The monoisotopic (exact) mass is 321 g/mol. The fourth-order valence-corrected chi connectivity index (χ4v) is 2.74. The number of rotatable bonds is 6. The van der Waals surface area contributed by atoms with Gasteiger partial charge in [0.15, 0.2) is 0 Å². The molecule has 5 heteroatoms. The maximum absolute atomic E-state index is 11.2. The zero-order chi connectivity index (χ0) is 16.9. The van der Waals surface area contributed by atoms with Gasteiger partial charge in [0.05, 0.1) is 12.0 Å². The molecule has 0 aliphatic carbocycles. The topological polar surface area (TPSA) is 81.1 Å². The summed E-state index contributed by atoms with van der Waals surface area (Å²) in [7, 11) is 0. The smallest absolute Gasteiger partial charge is 0.217 e. The second-order valence-electron chi connectivity index (χ2n) is 5.67. The molecule has 0 saturated carbocycles. The number of imidazole rings is 1. The molecule has 5 nitrogen and oxygen atoms in total. The number of carbonyl (C=O) groups excluding carboxylic acids is 1. The Morgan fingerprint density at radius 1 is 1.12 bits per heavy atom. The van der Waals surface area contributed by atoms with Crippen molar-refractivity contribution in [3.8, 4) is 17.0 Å². The lowest BCUT2D eigenvalue weighted by Gasteiger charge is -2.10. The standard InChI is InChI=1S/C19H19N3O2/c20-18(24)10-9-17-19(15-6-2-1-3-7-15)21-13-22(17)12-14-5-4-8-16(23)11-14/h1-8,11,13,23H,9-10,12H2,(H2,20,24). The molecule has 122 valence electrons. The molecule has 3 aromatic rings. The Hall–Kier alpha value is -3.08. The largest absolute Gasteiger partial charge is 0.508 e. The summed E-state index contributed by atoms with van der Waals surface area (Å²) in [5.74, 6) is -0.103. The molecule has 0 atom stereocenters. The van der Waals surface area contributed by atoms with Crippen LogP contribution in [0.25, 0.3) is 11.3 Å². The van der Waals surface area contributed by atoms with E-state index in [1.165, 1.54) is 0 Å². The SMILES string of the molecule is NC(=O)CCc1c(-c2ccccc2)ncn1Cc1cccc(O)c1. The van der Waals surface area contributed by atoms with Crippen LogP contribution in [0.2, 0.25) is 0 Å². The highest BCUT2D eigenvalue weighted by molar-refractivity contribution is 5.74. The molecule has 0 spiro atoms. The van der Waals surface area contributed by atoms with Crippen molar-refractivity contribution in [2.24, 2.45) is 5.73 Å². The van der Waals surface area contributed by atoms with Crippen LogP contribution in [0, 0.1) is 0 Å². The van der Waals surface area contributed by atoms with Crippen LogP contribution in [0.3, 0.4) is 0 Å². The van der Waals surface area contributed by atoms with Crippen LogP contribution >= 0.6 is 0 Å². The summed E-state index contributed by atoms with van der Waals surface area (Å²) in [6, 6.07) is 17.0. The fraction of sp³-hybridized carbons (Fsp3) is 0.158. The van der Waals surface area contributed by atoms with Gasteiger partial charge in [0, 0.05) is 24.2 Å². The van der Waals surface area contributed by atoms with Crippen LogP contribution in [-0.2, 0) is 17.8 Å². The fourth-order valence-electron chi connectivity index (χ4n) is 2.74. The lowest BCUT2D eigenvalue weighted by atomic mass is 10.1. The molecule has 0 saturated heterocycles. The highest BCUT2D eigenvalue weighted by atomic mass is 16.3. The second-order valence-corrected chi connectivity index (χ2v) is 5.67. The van der Waals surface area contributed by atoms with Crippen molar-refractivity contribution in [2.45, 2.75) is 19.4 Å². The zero-order valence-electron chi connectivity index (χ0n) is 13.2. The van der Waals surface area contributed by atoms with Gasteiger partial charge in [0.25, 0.3) is 0 Å². The van der Waals surface area contributed by atoms with E-state index in [2.05, 4.69) is 4.98 Å². The van der Waals surface area contributed by atoms with Gasteiger partial charge in [-0.3, -0.25) is 4.79 Å². The first-order valence-corrected chi connectivity index (χ1v) is 7.79. The summed E-state index contributed by atoms with van der Waals surface area (Å²) in [4.78, 5) is 15.7. The van der Waals surface area contributed by atoms with E-state index in [1.54, 1.807) is 18.5 Å². The molecule has 0 unspecified atom stereocenters. The van der Waals surface area contributed by atoms with Crippen LogP contribution in [-0.4, -0.2) is 20.6 Å². The molecule has 1 heterocycles. The van der Waals surface area contributed by atoms with E-state index in [0.29, 0.717) is 13.0 Å². The Labute approximate surface area is 140 Å². The number of aromatic nitrogens is 2. The van der Waals surface area contributed by atoms with E-state index in [1.807, 2.05) is 47.0 Å². The molecule has 0 bridgehead atoms. The van der Waals surface area contributed by atoms with Gasteiger partial charge in [0.1, 0.15) is 5.75 Å². The highest BCUT2D eigenvalue weighted by Crippen LogP contribution is 2.24. The van der Waals surface area contributed by atoms with Gasteiger partial charge < -0.3 is 15.4 Å². The summed E-state index contributed by atoms with van der Waals surface area (Å²) in [5.41, 5.74) is 9.11. The highest BCUT2D eigenvalue weighted by Gasteiger charge is 2.14. The average molecular weight is 321 g/mol. The number of amides is 1. The second kappa shape index (κ2) is 7.00. The number of primary amides is 1. The molecule has 0 radical (unpaired) electrons. The predicted octanol–water partition coefficient (Wildman–Crippen LogP) is 2.72. The Morgan fingerprint density at radius 2 is 1.92 bits per heavy atom. The minimum absolute atomic E-state index is 0.231. The molecular weight excluding hydrogens is 302 g/mol. The van der Waals surface area contributed by atoms with Crippen molar-refractivity contribution in [3.05, 3.63) is 72.2 Å². The van der Waals surface area contributed by atoms with Gasteiger partial charge in [0.2, 0.25) is 5.91 Å². The van der Waals surface area contributed by atoms with E-state index in [0.717, 1.165) is 22.5 Å². The molecule has 1 aromatic heterocycles. The molecule has 1 amide bonds. The normalized spacial score (nSPS) is 10.7. The number of nitrogens with zero attached hydrogens (tertiary/aromatic N) is 2. The van der Waals surface area contributed by atoms with Gasteiger partial charge in [-0.05, 0) is 24.1 Å². The predicted molar refractivity (Wildman–Crippen MR) is 92.4 cm³/mol. The van der Waals surface area contributed by atoms with Gasteiger partial charge in [-0.1, -0.05) is 42.5 Å². The summed E-state index contributed by atoms with van der Waals surface area (Å²) in [5, 5.41) is 9.63. The van der Waals surface area contributed by atoms with Crippen molar-refractivity contribution < 1.29 is 9.90 Å². The average Bonchev–Trinajstić information content (AvgIpc) is 2.96. The van der Waals surface area contributed by atoms with Crippen molar-refractivity contribution in [3.63, 3.8) is 0 Å². The van der Waals surface area contributed by atoms with Gasteiger partial charge in [-0.25, -0.2) is 4.98 Å². The Kier molecular flexibility index (Phi) is 4.61. The van der Waals surface area contributed by atoms with E-state index in [9.17, 15) is 9.90 Å². The van der Waals surface area contributed by atoms with Gasteiger partial charge in [-0.15, -0.1) is 0 Å². The van der Waals surface area contributed by atoms with Gasteiger partial charge in [-0.2, -0.15) is 0 Å². The Balaban J connectivity index is 1.96. The van der Waals surface area contributed by atoms with E-state index < -0.39 is 0 Å². The van der Waals surface area contributed by atoms with Crippen LogP contribution in [0.1, 0.15) is 17.7 Å². The van der Waals surface area contributed by atoms with Crippen LogP contribution in [0.15, 0.2) is 60.9 Å². The number of hydrogen-bond acceptors (Lipinski definition) is 3. The first kappa shape index (κ1) is 15.8. The first-order valence-electron chi connectivity index (χ1n) is 7.79. The minimum atomic E-state index is -0.334. The lowest BCUT2D eigenvalue weighted by molar-refractivity contribution is -0.118. The molecule has 3 N–H and O–H groups in total. The Bertz CT molecular complexity index is 841. The van der Waals surface area contributed by atoms with Crippen molar-refractivity contribution >= 4 is 5.91 Å². The number of hydrogen-bond donors (Lipinski definition) is 2. The van der Waals surface area contributed by atoms with Crippen LogP contribution in [0.5, 0.6) is 5.75 Å². The lowest BCUT2D eigenvalue weighted by Crippen LogP contribution is -2.13. The molecule has 3 rings (SSSR count). The van der Waals surface area contributed by atoms with E-state index in [4.69, 9.17) is 5.73 Å². The summed E-state index contributed by atoms with van der Waals surface area (Å²) < 4.78 is 2.00. The number of nitrogens with two attached hydrogens (primary N) is 1. The summed E-state index contributed by atoms with van der Waals surface area (Å²) in [6.07, 6.45) is 2.56. The summed E-state index contributed by atoms with van der Waals surface area (Å²) in [6.45, 7) is 0.572. The maximum atomic E-state index is 11.2. The van der Waals surface area contributed by atoms with Crippen molar-refractivity contribution in [1.82, 2.24) is 9.55 Å². The van der Waals surface area contributed by atoms with Crippen molar-refractivity contribution in [2.75, 3.05) is 0 Å². The molecule has 2 aromatic carbocycles. The maximum Gasteiger partial charge on any atom is 0.217 e. The van der Waals surface area contributed by atoms with Gasteiger partial charge >= 0.3 is 0 Å². The Morgan fingerprint density at radius 3 is 2.62 bits per heavy atom. The third-order valence-corrected chi connectivity index (χ3v) is 3.87. The third kappa shape index (κ3) is 3.63. The quantitative estimate of drug-likeness (QED) is 0.732. The number of aromatic hydroxyl groups is 1. The van der Waals surface area contributed by atoms with Crippen molar-refractivity contribution in [1.29, 1.82) is 0 Å². The first-order chi connectivity index (χ1) is 11.6. The summed E-state index contributed by atoms with van der Waals surface area (Å²) >= 11 is 0.